The van der Waals surface area contributed by atoms with Gasteiger partial charge in [-0.15, -0.1) is 0 Å². The zero-order valence-corrected chi connectivity index (χ0v) is 14.1. The summed E-state index contributed by atoms with van der Waals surface area (Å²) in [5.41, 5.74) is 1.77. The van der Waals surface area contributed by atoms with E-state index in [9.17, 15) is 14.7 Å². The molecule has 0 aliphatic carbocycles. The zero-order valence-electron chi connectivity index (χ0n) is 14.1. The van der Waals surface area contributed by atoms with Gasteiger partial charge >= 0.3 is 5.97 Å². The Morgan fingerprint density at radius 1 is 0.960 bits per heavy atom. The average molecular weight is 341 g/mol. The number of aliphatic carboxylic acids is 1. The lowest BCUT2D eigenvalue weighted by Crippen LogP contribution is -2.33. The first kappa shape index (κ1) is 18.7. The monoisotopic (exact) mass is 341 g/mol. The van der Waals surface area contributed by atoms with E-state index >= 15 is 0 Å². The fraction of sp³-hybridized carbons (Fsp3) is 0.300. The summed E-state index contributed by atoms with van der Waals surface area (Å²) in [6, 6.07) is 17.7. The minimum atomic E-state index is -1.07. The van der Waals surface area contributed by atoms with Gasteiger partial charge < -0.3 is 15.2 Å². The summed E-state index contributed by atoms with van der Waals surface area (Å²) < 4.78 is 5.53. The molecule has 0 saturated carbocycles. The fourth-order valence-corrected chi connectivity index (χ4v) is 2.44. The Morgan fingerprint density at radius 3 is 2.24 bits per heavy atom. The molecule has 5 heteroatoms. The van der Waals surface area contributed by atoms with E-state index in [1.807, 2.05) is 30.3 Å². The van der Waals surface area contributed by atoms with Gasteiger partial charge in [0, 0.05) is 13.0 Å². The number of carboxylic acids is 1. The third kappa shape index (κ3) is 6.77. The fourth-order valence-electron chi connectivity index (χ4n) is 2.44. The summed E-state index contributed by atoms with van der Waals surface area (Å²) >= 11 is 0. The van der Waals surface area contributed by atoms with Gasteiger partial charge in [0.15, 0.2) is 6.04 Å². The topological polar surface area (TPSA) is 75.6 Å². The molecule has 0 aliphatic rings. The molecule has 0 spiro atoms. The lowest BCUT2D eigenvalue weighted by molar-refractivity contribution is -0.142. The number of ether oxygens (including phenoxy) is 1. The standard InChI is InChI=1S/C20H23NO4/c22-18(21-19(20(23)24)17-10-5-2-6-11-17)12-7-14-25-15-13-16-8-3-1-4-9-16/h1-6,8-11,19H,7,12-15H2,(H,21,22)(H,23,24)/t19-/m1/s1. The van der Waals surface area contributed by atoms with Crippen molar-refractivity contribution in [2.45, 2.75) is 25.3 Å². The van der Waals surface area contributed by atoms with Gasteiger partial charge in [-0.2, -0.15) is 0 Å². The Hall–Kier alpha value is -2.66. The molecule has 0 unspecified atom stereocenters. The number of hydrogen-bond donors (Lipinski definition) is 2. The van der Waals surface area contributed by atoms with Gasteiger partial charge in [-0.3, -0.25) is 4.79 Å². The van der Waals surface area contributed by atoms with Gasteiger partial charge in [0.05, 0.1) is 6.61 Å². The summed E-state index contributed by atoms with van der Waals surface area (Å²) in [7, 11) is 0. The van der Waals surface area contributed by atoms with Gasteiger partial charge in [0.1, 0.15) is 0 Å². The summed E-state index contributed by atoms with van der Waals surface area (Å²) in [5.74, 6) is -1.36. The second-order valence-corrected chi connectivity index (χ2v) is 5.70. The molecule has 0 bridgehead atoms. The molecule has 1 amide bonds. The van der Waals surface area contributed by atoms with Crippen LogP contribution in [0.3, 0.4) is 0 Å². The number of carboxylic acid groups (broad SMARTS) is 1. The van der Waals surface area contributed by atoms with Crippen LogP contribution in [0, 0.1) is 0 Å². The van der Waals surface area contributed by atoms with E-state index in [1.54, 1.807) is 30.3 Å². The van der Waals surface area contributed by atoms with Crippen LogP contribution in [0.1, 0.15) is 30.0 Å². The van der Waals surface area contributed by atoms with Gasteiger partial charge in [-0.25, -0.2) is 4.79 Å². The van der Waals surface area contributed by atoms with Crippen molar-refractivity contribution in [2.75, 3.05) is 13.2 Å². The van der Waals surface area contributed by atoms with Crippen molar-refractivity contribution in [3.8, 4) is 0 Å². The Balaban J connectivity index is 1.65. The largest absolute Gasteiger partial charge is 0.479 e. The van der Waals surface area contributed by atoms with Crippen LogP contribution in [0.2, 0.25) is 0 Å². The molecule has 2 rings (SSSR count). The van der Waals surface area contributed by atoms with Crippen LogP contribution < -0.4 is 5.32 Å². The molecule has 25 heavy (non-hydrogen) atoms. The number of carbonyl (C=O) groups is 2. The van der Waals surface area contributed by atoms with Crippen LogP contribution in [0.15, 0.2) is 60.7 Å². The van der Waals surface area contributed by atoms with Crippen molar-refractivity contribution in [3.63, 3.8) is 0 Å². The molecular weight excluding hydrogens is 318 g/mol. The van der Waals surface area contributed by atoms with Crippen LogP contribution in [-0.4, -0.2) is 30.2 Å². The van der Waals surface area contributed by atoms with Gasteiger partial charge in [0.2, 0.25) is 5.91 Å². The Morgan fingerprint density at radius 2 is 1.60 bits per heavy atom. The molecule has 0 saturated heterocycles. The number of benzene rings is 2. The minimum absolute atomic E-state index is 0.238. The van der Waals surface area contributed by atoms with Crippen LogP contribution in [0.4, 0.5) is 0 Å². The van der Waals surface area contributed by atoms with Crippen molar-refractivity contribution < 1.29 is 19.4 Å². The van der Waals surface area contributed by atoms with E-state index < -0.39 is 12.0 Å². The zero-order chi connectivity index (χ0) is 17.9. The van der Waals surface area contributed by atoms with E-state index in [0.29, 0.717) is 25.2 Å². The summed E-state index contributed by atoms with van der Waals surface area (Å²) in [6.45, 7) is 1.08. The molecule has 5 nitrogen and oxygen atoms in total. The molecule has 2 N–H and O–H groups in total. The van der Waals surface area contributed by atoms with Gasteiger partial charge in [-0.1, -0.05) is 60.7 Å². The van der Waals surface area contributed by atoms with E-state index in [0.717, 1.165) is 6.42 Å². The maximum atomic E-state index is 12.0. The highest BCUT2D eigenvalue weighted by Crippen LogP contribution is 2.13. The molecule has 0 aromatic heterocycles. The molecule has 0 radical (unpaired) electrons. The highest BCUT2D eigenvalue weighted by Gasteiger charge is 2.21. The number of carbonyl (C=O) groups excluding carboxylic acids is 1. The van der Waals surface area contributed by atoms with E-state index in [2.05, 4.69) is 5.32 Å². The van der Waals surface area contributed by atoms with Crippen molar-refractivity contribution in [2.24, 2.45) is 0 Å². The quantitative estimate of drug-likeness (QED) is 0.652. The third-order valence-corrected chi connectivity index (χ3v) is 3.76. The molecule has 0 aliphatic heterocycles. The van der Waals surface area contributed by atoms with Crippen molar-refractivity contribution >= 4 is 11.9 Å². The molecular formula is C20H23NO4. The highest BCUT2D eigenvalue weighted by atomic mass is 16.5. The molecule has 1 atom stereocenters. The molecule has 132 valence electrons. The lowest BCUT2D eigenvalue weighted by atomic mass is 10.1. The maximum Gasteiger partial charge on any atom is 0.330 e. The molecule has 2 aromatic rings. The molecule has 0 fully saturated rings. The summed E-state index contributed by atoms with van der Waals surface area (Å²) in [4.78, 5) is 23.3. The van der Waals surface area contributed by atoms with Crippen LogP contribution >= 0.6 is 0 Å². The van der Waals surface area contributed by atoms with Crippen molar-refractivity contribution in [3.05, 3.63) is 71.8 Å². The Labute approximate surface area is 147 Å². The van der Waals surface area contributed by atoms with Gasteiger partial charge in [-0.05, 0) is 24.0 Å². The van der Waals surface area contributed by atoms with E-state index in [4.69, 9.17) is 4.74 Å². The first-order valence-electron chi connectivity index (χ1n) is 8.35. The van der Waals surface area contributed by atoms with Gasteiger partial charge in [0.25, 0.3) is 0 Å². The van der Waals surface area contributed by atoms with E-state index in [1.165, 1.54) is 5.56 Å². The molecule has 0 heterocycles. The smallest absolute Gasteiger partial charge is 0.330 e. The third-order valence-electron chi connectivity index (χ3n) is 3.76. The first-order chi connectivity index (χ1) is 12.2. The SMILES string of the molecule is O=C(CCCOCCc1ccccc1)N[C@@H](C(=O)O)c1ccccc1. The highest BCUT2D eigenvalue weighted by molar-refractivity contribution is 5.84. The first-order valence-corrected chi connectivity index (χ1v) is 8.35. The number of amides is 1. The number of rotatable bonds is 10. The Kier molecular flexibility index (Phi) is 7.66. The average Bonchev–Trinajstić information content (AvgIpc) is 2.64. The summed E-state index contributed by atoms with van der Waals surface area (Å²) in [5, 5.41) is 11.8. The second kappa shape index (κ2) is 10.3. The van der Waals surface area contributed by atoms with Crippen LogP contribution in [0.5, 0.6) is 0 Å². The van der Waals surface area contributed by atoms with Crippen molar-refractivity contribution in [1.82, 2.24) is 5.32 Å². The number of nitrogens with one attached hydrogen (secondary N) is 1. The van der Waals surface area contributed by atoms with Crippen molar-refractivity contribution in [1.29, 1.82) is 0 Å². The van der Waals surface area contributed by atoms with E-state index in [-0.39, 0.29) is 12.3 Å². The maximum absolute atomic E-state index is 12.0. The molecule has 2 aromatic carbocycles. The normalized spacial score (nSPS) is 11.7. The predicted octanol–water partition coefficient (Wildman–Crippen LogP) is 2.97. The lowest BCUT2D eigenvalue weighted by Gasteiger charge is -2.14. The predicted molar refractivity (Wildman–Crippen MR) is 95.2 cm³/mol. The van der Waals surface area contributed by atoms with Crippen LogP contribution in [-0.2, 0) is 20.7 Å². The van der Waals surface area contributed by atoms with Crippen LogP contribution in [0.25, 0.3) is 0 Å². The Bertz CT molecular complexity index is 658. The summed E-state index contributed by atoms with van der Waals surface area (Å²) in [6.07, 6.45) is 1.63. The number of hydrogen-bond acceptors (Lipinski definition) is 3. The minimum Gasteiger partial charge on any atom is -0.479 e. The second-order valence-electron chi connectivity index (χ2n) is 5.70.